The smallest absolute Gasteiger partial charge is 0.210 e. The summed E-state index contributed by atoms with van der Waals surface area (Å²) in [5.41, 5.74) is 0. The Labute approximate surface area is 35.4 Å². The van der Waals surface area contributed by atoms with Crippen LogP contribution in [0.1, 0.15) is 0 Å². The Kier molecular flexibility index (Phi) is 1.48. The third-order valence-corrected chi connectivity index (χ3v) is 0.262. The van der Waals surface area contributed by atoms with Gasteiger partial charge in [0.15, 0.2) is 0 Å². The molecule has 1 unspecified atom stereocenters. The van der Waals surface area contributed by atoms with Crippen molar-refractivity contribution in [2.75, 3.05) is 13.8 Å². The number of hydrogen-bond donors (Lipinski definition) is 2. The molecule has 0 amide bonds. The quantitative estimate of drug-likeness (QED) is 0.255. The van der Waals surface area contributed by atoms with Crippen molar-refractivity contribution in [2.45, 2.75) is 0 Å². The zero-order valence-corrected chi connectivity index (χ0v) is 3.46. The summed E-state index contributed by atoms with van der Waals surface area (Å²) in [4.78, 5) is -1.62. The van der Waals surface area contributed by atoms with E-state index >= 15 is 0 Å². The Bertz CT molecular complexity index is 38.5. The first kappa shape index (κ1) is 5.84. The van der Waals surface area contributed by atoms with Gasteiger partial charge >= 0.3 is 0 Å². The molecular weight excluding hydrogens is 86.0 g/mol. The standard InChI is InChI=1S/C2H7NO3/c1-3(5,6)2-4/h4-5H,2H2,1H3. The molecule has 0 spiro atoms. The second-order valence-corrected chi connectivity index (χ2v) is 1.19. The van der Waals surface area contributed by atoms with Crippen molar-refractivity contribution in [3.8, 4) is 0 Å². The van der Waals surface area contributed by atoms with Gasteiger partial charge in [-0.15, -0.1) is 0 Å². The minimum Gasteiger partial charge on any atom is -0.597 e. The first-order chi connectivity index (χ1) is 2.56. The lowest BCUT2D eigenvalue weighted by molar-refractivity contribution is -1.06. The maximum absolute atomic E-state index is 9.72. The van der Waals surface area contributed by atoms with Gasteiger partial charge in [-0.3, -0.25) is 0 Å². The molecule has 0 rings (SSSR count). The van der Waals surface area contributed by atoms with Gasteiger partial charge in [-0.2, -0.15) is 4.81 Å². The van der Waals surface area contributed by atoms with Crippen LogP contribution in [0.4, 0.5) is 0 Å². The van der Waals surface area contributed by atoms with Crippen molar-refractivity contribution >= 4 is 0 Å². The minimum atomic E-state index is -1.62. The van der Waals surface area contributed by atoms with Gasteiger partial charge in [0.1, 0.15) is 7.05 Å². The maximum atomic E-state index is 9.72. The Morgan fingerprint density at radius 1 is 1.83 bits per heavy atom. The lowest BCUT2D eigenvalue weighted by Crippen LogP contribution is -2.33. The summed E-state index contributed by atoms with van der Waals surface area (Å²) in [6, 6.07) is 0. The summed E-state index contributed by atoms with van der Waals surface area (Å²) in [5, 5.41) is 25.5. The van der Waals surface area contributed by atoms with E-state index in [9.17, 15) is 5.21 Å². The number of rotatable bonds is 1. The predicted molar refractivity (Wildman–Crippen MR) is 18.4 cm³/mol. The zero-order chi connectivity index (χ0) is 5.21. The van der Waals surface area contributed by atoms with E-state index in [4.69, 9.17) is 10.3 Å². The van der Waals surface area contributed by atoms with Crippen LogP contribution in [0.2, 0.25) is 0 Å². The van der Waals surface area contributed by atoms with E-state index in [1.165, 1.54) is 0 Å². The van der Waals surface area contributed by atoms with Crippen LogP contribution in [0.3, 0.4) is 0 Å². The van der Waals surface area contributed by atoms with Gasteiger partial charge in [0.25, 0.3) is 0 Å². The first-order valence-electron chi connectivity index (χ1n) is 1.46. The summed E-state index contributed by atoms with van der Waals surface area (Å²) in [6.07, 6.45) is 0. The molecule has 0 aromatic carbocycles. The van der Waals surface area contributed by atoms with E-state index in [2.05, 4.69) is 0 Å². The molecular formula is C2H7NO3. The van der Waals surface area contributed by atoms with Gasteiger partial charge in [0.2, 0.25) is 6.73 Å². The molecule has 0 aromatic rings. The van der Waals surface area contributed by atoms with Crippen LogP contribution in [-0.4, -0.2) is 28.9 Å². The van der Waals surface area contributed by atoms with E-state index < -0.39 is 11.5 Å². The van der Waals surface area contributed by atoms with Crippen LogP contribution >= 0.6 is 0 Å². The van der Waals surface area contributed by atoms with E-state index in [-0.39, 0.29) is 0 Å². The van der Waals surface area contributed by atoms with Crippen LogP contribution < -0.4 is 0 Å². The van der Waals surface area contributed by atoms with E-state index in [0.29, 0.717) is 0 Å². The monoisotopic (exact) mass is 93.0 g/mol. The van der Waals surface area contributed by atoms with E-state index in [1.54, 1.807) is 0 Å². The maximum Gasteiger partial charge on any atom is 0.210 e. The molecule has 1 atom stereocenters. The lowest BCUT2D eigenvalue weighted by Gasteiger charge is -2.24. The van der Waals surface area contributed by atoms with E-state index in [1.807, 2.05) is 0 Å². The third kappa shape index (κ3) is 3.84. The minimum absolute atomic E-state index is 0.792. The average molecular weight is 93.1 g/mol. The molecule has 0 saturated heterocycles. The summed E-state index contributed by atoms with van der Waals surface area (Å²) in [6.45, 7) is -0.792. The molecule has 0 saturated carbocycles. The highest BCUT2D eigenvalue weighted by atomic mass is 16.8. The molecule has 0 radical (unpaired) electrons. The van der Waals surface area contributed by atoms with Crippen molar-refractivity contribution in [1.29, 1.82) is 0 Å². The van der Waals surface area contributed by atoms with Crippen LogP contribution in [-0.2, 0) is 0 Å². The second kappa shape index (κ2) is 1.53. The fourth-order valence-corrected chi connectivity index (χ4v) is 0. The summed E-state index contributed by atoms with van der Waals surface area (Å²) in [7, 11) is 0.931. The molecule has 6 heavy (non-hydrogen) atoms. The molecule has 0 fully saturated rings. The second-order valence-electron chi connectivity index (χ2n) is 1.19. The van der Waals surface area contributed by atoms with Crippen molar-refractivity contribution < 1.29 is 15.1 Å². The summed E-state index contributed by atoms with van der Waals surface area (Å²) >= 11 is 0. The highest BCUT2D eigenvalue weighted by Crippen LogP contribution is 1.83. The number of nitrogens with zero attached hydrogens (tertiary/aromatic N) is 1. The Hall–Kier alpha value is -0.160. The number of quaternary nitrogens is 1. The molecule has 0 heterocycles. The number of hydroxylamine groups is 4. The highest BCUT2D eigenvalue weighted by Gasteiger charge is 1.96. The van der Waals surface area contributed by atoms with Crippen LogP contribution in [0.5, 0.6) is 0 Å². The van der Waals surface area contributed by atoms with Crippen LogP contribution in [0.15, 0.2) is 0 Å². The highest BCUT2D eigenvalue weighted by molar-refractivity contribution is 4.01. The number of aliphatic hydroxyl groups excluding tert-OH is 1. The molecule has 0 bridgehead atoms. The molecule has 4 nitrogen and oxygen atoms in total. The fraction of sp³-hybridized carbons (Fsp3) is 1.00. The van der Waals surface area contributed by atoms with Gasteiger partial charge in [0.05, 0.1) is 0 Å². The molecule has 0 aliphatic carbocycles. The Balaban J connectivity index is 3.17. The molecule has 4 heteroatoms. The van der Waals surface area contributed by atoms with Gasteiger partial charge in [-0.05, 0) is 0 Å². The molecule has 38 valence electrons. The van der Waals surface area contributed by atoms with Gasteiger partial charge < -0.3 is 10.3 Å². The zero-order valence-electron chi connectivity index (χ0n) is 3.46. The van der Waals surface area contributed by atoms with Crippen molar-refractivity contribution in [2.24, 2.45) is 0 Å². The fourth-order valence-electron chi connectivity index (χ4n) is 0. The summed E-state index contributed by atoms with van der Waals surface area (Å²) < 4.78 is 0. The van der Waals surface area contributed by atoms with Gasteiger partial charge in [-0.25, -0.2) is 5.21 Å². The molecule has 0 aromatic heterocycles. The predicted octanol–water partition coefficient (Wildman–Crippen LogP) is -0.730. The third-order valence-electron chi connectivity index (χ3n) is 0.262. The molecule has 0 aliphatic heterocycles. The molecule has 0 aliphatic rings. The number of hydrogen-bond acceptors (Lipinski definition) is 3. The topological polar surface area (TPSA) is 63.5 Å². The Morgan fingerprint density at radius 2 is 2.00 bits per heavy atom. The summed E-state index contributed by atoms with van der Waals surface area (Å²) in [5.74, 6) is 0. The average Bonchev–Trinajstić information content (AvgIpc) is 1.35. The van der Waals surface area contributed by atoms with Crippen LogP contribution in [0.25, 0.3) is 0 Å². The van der Waals surface area contributed by atoms with Gasteiger partial charge in [0, 0.05) is 0 Å². The van der Waals surface area contributed by atoms with Crippen molar-refractivity contribution in [1.82, 2.24) is 0 Å². The lowest BCUT2D eigenvalue weighted by atomic mass is 11.1. The van der Waals surface area contributed by atoms with Gasteiger partial charge in [-0.1, -0.05) is 0 Å². The number of aliphatic hydroxyl groups is 1. The van der Waals surface area contributed by atoms with E-state index in [0.717, 1.165) is 7.05 Å². The largest absolute Gasteiger partial charge is 0.597 e. The first-order valence-corrected chi connectivity index (χ1v) is 1.46. The molecule has 2 N–H and O–H groups in total. The Morgan fingerprint density at radius 3 is 2.00 bits per heavy atom. The SMILES string of the molecule is C[N+]([O-])(O)CO. The van der Waals surface area contributed by atoms with Crippen molar-refractivity contribution in [3.05, 3.63) is 5.21 Å². The van der Waals surface area contributed by atoms with Crippen LogP contribution in [0, 0.1) is 5.21 Å². The normalized spacial score (nSPS) is 20.0. The van der Waals surface area contributed by atoms with Crippen molar-refractivity contribution in [3.63, 3.8) is 0 Å².